The molecule has 2 heterocycles. The van der Waals surface area contributed by atoms with Gasteiger partial charge in [-0.2, -0.15) is 4.31 Å². The monoisotopic (exact) mass is 444 g/mol. The number of rotatable bonds is 4. The van der Waals surface area contributed by atoms with Gasteiger partial charge in [-0.25, -0.2) is 8.42 Å². The van der Waals surface area contributed by atoms with Crippen LogP contribution in [0.5, 0.6) is 11.5 Å². The van der Waals surface area contributed by atoms with Crippen molar-refractivity contribution in [3.63, 3.8) is 0 Å². The molecule has 0 saturated carbocycles. The van der Waals surface area contributed by atoms with E-state index < -0.39 is 10.0 Å². The van der Waals surface area contributed by atoms with E-state index in [1.807, 2.05) is 12.1 Å². The highest BCUT2D eigenvalue weighted by Crippen LogP contribution is 2.31. The molecule has 0 aromatic heterocycles. The molecule has 0 N–H and O–H groups in total. The maximum Gasteiger partial charge on any atom is 0.254 e. The second-order valence-corrected chi connectivity index (χ2v) is 10.1. The number of sulfonamides is 1. The molecule has 0 aliphatic carbocycles. The average Bonchev–Trinajstić information content (AvgIpc) is 3.03. The standard InChI is InChI=1S/C23H28N2O5S/c1-17(2)18-4-7-20(8-5-18)31(27,28)25-12-10-24(11-13-25)23(26)19-6-9-21-22(16-19)30-15-3-14-29-21/h4-9,16-17H,3,10-15H2,1-2H3. The van der Waals surface area contributed by atoms with Crippen molar-refractivity contribution in [2.45, 2.75) is 31.1 Å². The summed E-state index contributed by atoms with van der Waals surface area (Å²) in [5.41, 5.74) is 1.62. The van der Waals surface area contributed by atoms with Crippen molar-refractivity contribution < 1.29 is 22.7 Å². The lowest BCUT2D eigenvalue weighted by Gasteiger charge is -2.34. The molecule has 2 aliphatic rings. The van der Waals surface area contributed by atoms with Crippen LogP contribution in [0.2, 0.25) is 0 Å². The number of carbonyl (C=O) groups is 1. The Morgan fingerprint density at radius 1 is 0.903 bits per heavy atom. The van der Waals surface area contributed by atoms with E-state index in [4.69, 9.17) is 9.47 Å². The Balaban J connectivity index is 1.42. The molecule has 1 saturated heterocycles. The van der Waals surface area contributed by atoms with E-state index in [2.05, 4.69) is 13.8 Å². The van der Waals surface area contributed by atoms with Crippen LogP contribution in [0.3, 0.4) is 0 Å². The van der Waals surface area contributed by atoms with Gasteiger partial charge in [0.15, 0.2) is 11.5 Å². The molecule has 0 spiro atoms. The predicted octanol–water partition coefficient (Wildman–Crippen LogP) is 3.12. The van der Waals surface area contributed by atoms with Crippen molar-refractivity contribution in [2.75, 3.05) is 39.4 Å². The average molecular weight is 445 g/mol. The summed E-state index contributed by atoms with van der Waals surface area (Å²) in [4.78, 5) is 14.9. The molecule has 0 unspecified atom stereocenters. The van der Waals surface area contributed by atoms with Gasteiger partial charge in [-0.15, -0.1) is 0 Å². The lowest BCUT2D eigenvalue weighted by Crippen LogP contribution is -2.50. The molecular weight excluding hydrogens is 416 g/mol. The Morgan fingerprint density at radius 3 is 2.19 bits per heavy atom. The summed E-state index contributed by atoms with van der Waals surface area (Å²) in [7, 11) is -3.58. The number of nitrogens with zero attached hydrogens (tertiary/aromatic N) is 2. The van der Waals surface area contributed by atoms with Gasteiger partial charge >= 0.3 is 0 Å². The third-order valence-electron chi connectivity index (χ3n) is 5.70. The summed E-state index contributed by atoms with van der Waals surface area (Å²) < 4.78 is 38.7. The van der Waals surface area contributed by atoms with Crippen LogP contribution in [-0.2, 0) is 10.0 Å². The van der Waals surface area contributed by atoms with Crippen LogP contribution < -0.4 is 9.47 Å². The summed E-state index contributed by atoms with van der Waals surface area (Å²) in [6.07, 6.45) is 0.800. The van der Waals surface area contributed by atoms with Gasteiger partial charge in [-0.05, 0) is 41.8 Å². The molecule has 4 rings (SSSR count). The molecule has 166 valence electrons. The summed E-state index contributed by atoms with van der Waals surface area (Å²) in [5.74, 6) is 1.44. The Bertz CT molecular complexity index is 1040. The molecular formula is C23H28N2O5S. The van der Waals surface area contributed by atoms with E-state index in [1.165, 1.54) is 4.31 Å². The fourth-order valence-electron chi connectivity index (χ4n) is 3.78. The summed E-state index contributed by atoms with van der Waals surface area (Å²) in [5, 5.41) is 0. The topological polar surface area (TPSA) is 76.2 Å². The SMILES string of the molecule is CC(C)c1ccc(S(=O)(=O)N2CCN(C(=O)c3ccc4c(c3)OCCCO4)CC2)cc1. The fraction of sp³-hybridized carbons (Fsp3) is 0.435. The zero-order valence-electron chi connectivity index (χ0n) is 17.9. The van der Waals surface area contributed by atoms with Gasteiger partial charge in [0, 0.05) is 38.2 Å². The zero-order valence-corrected chi connectivity index (χ0v) is 18.7. The van der Waals surface area contributed by atoms with Gasteiger partial charge < -0.3 is 14.4 Å². The van der Waals surface area contributed by atoms with Crippen molar-refractivity contribution >= 4 is 15.9 Å². The number of hydrogen-bond donors (Lipinski definition) is 0. The molecule has 8 heteroatoms. The number of benzene rings is 2. The first-order valence-corrected chi connectivity index (χ1v) is 12.1. The van der Waals surface area contributed by atoms with E-state index >= 15 is 0 Å². The lowest BCUT2D eigenvalue weighted by molar-refractivity contribution is 0.0697. The van der Waals surface area contributed by atoms with E-state index in [0.717, 1.165) is 12.0 Å². The number of piperazine rings is 1. The van der Waals surface area contributed by atoms with Gasteiger partial charge in [0.1, 0.15) is 0 Å². The molecule has 1 amide bonds. The normalized spacial score (nSPS) is 17.5. The van der Waals surface area contributed by atoms with E-state index in [1.54, 1.807) is 35.2 Å². The Morgan fingerprint density at radius 2 is 1.55 bits per heavy atom. The van der Waals surface area contributed by atoms with Crippen molar-refractivity contribution in [1.82, 2.24) is 9.21 Å². The fourth-order valence-corrected chi connectivity index (χ4v) is 5.21. The number of amides is 1. The first kappa shape index (κ1) is 21.6. The summed E-state index contributed by atoms with van der Waals surface area (Å²) in [6, 6.07) is 12.3. The number of fused-ring (bicyclic) bond motifs is 1. The van der Waals surface area contributed by atoms with Crippen molar-refractivity contribution in [3.8, 4) is 11.5 Å². The third-order valence-corrected chi connectivity index (χ3v) is 7.62. The van der Waals surface area contributed by atoms with Crippen LogP contribution in [0.25, 0.3) is 0 Å². The summed E-state index contributed by atoms with van der Waals surface area (Å²) in [6.45, 7) is 6.52. The zero-order chi connectivity index (χ0) is 22.0. The van der Waals surface area contributed by atoms with Crippen LogP contribution in [0.1, 0.15) is 42.1 Å². The molecule has 0 atom stereocenters. The molecule has 2 aliphatic heterocycles. The first-order chi connectivity index (χ1) is 14.9. The molecule has 31 heavy (non-hydrogen) atoms. The minimum absolute atomic E-state index is 0.131. The molecule has 7 nitrogen and oxygen atoms in total. The number of carbonyl (C=O) groups excluding carboxylic acids is 1. The van der Waals surface area contributed by atoms with Crippen LogP contribution in [0.4, 0.5) is 0 Å². The van der Waals surface area contributed by atoms with E-state index in [-0.39, 0.29) is 19.0 Å². The van der Waals surface area contributed by atoms with Gasteiger partial charge in [-0.3, -0.25) is 4.79 Å². The third kappa shape index (κ3) is 4.55. The Kier molecular flexibility index (Phi) is 6.20. The van der Waals surface area contributed by atoms with E-state index in [9.17, 15) is 13.2 Å². The molecule has 0 bridgehead atoms. The van der Waals surface area contributed by atoms with E-state index in [0.29, 0.717) is 54.2 Å². The van der Waals surface area contributed by atoms with Crippen LogP contribution in [-0.4, -0.2) is 62.9 Å². The van der Waals surface area contributed by atoms with Gasteiger partial charge in [-0.1, -0.05) is 26.0 Å². The maximum absolute atomic E-state index is 13.0. The highest BCUT2D eigenvalue weighted by Gasteiger charge is 2.30. The maximum atomic E-state index is 13.0. The van der Waals surface area contributed by atoms with Gasteiger partial charge in [0.05, 0.1) is 18.1 Å². The van der Waals surface area contributed by atoms with Crippen molar-refractivity contribution in [1.29, 1.82) is 0 Å². The summed E-state index contributed by atoms with van der Waals surface area (Å²) >= 11 is 0. The minimum Gasteiger partial charge on any atom is -0.490 e. The Hall–Kier alpha value is -2.58. The van der Waals surface area contributed by atoms with Crippen molar-refractivity contribution in [3.05, 3.63) is 53.6 Å². The first-order valence-electron chi connectivity index (χ1n) is 10.7. The smallest absolute Gasteiger partial charge is 0.254 e. The minimum atomic E-state index is -3.58. The van der Waals surface area contributed by atoms with Gasteiger partial charge in [0.2, 0.25) is 10.0 Å². The van der Waals surface area contributed by atoms with Crippen LogP contribution in [0, 0.1) is 0 Å². The second kappa shape index (κ2) is 8.88. The van der Waals surface area contributed by atoms with Crippen LogP contribution in [0.15, 0.2) is 47.4 Å². The second-order valence-electron chi connectivity index (χ2n) is 8.13. The quantitative estimate of drug-likeness (QED) is 0.724. The molecule has 2 aromatic rings. The predicted molar refractivity (Wildman–Crippen MR) is 117 cm³/mol. The highest BCUT2D eigenvalue weighted by atomic mass is 32.2. The molecule has 1 fully saturated rings. The van der Waals surface area contributed by atoms with Crippen molar-refractivity contribution in [2.24, 2.45) is 0 Å². The number of hydrogen-bond acceptors (Lipinski definition) is 5. The molecule has 0 radical (unpaired) electrons. The Labute approximate surface area is 183 Å². The largest absolute Gasteiger partial charge is 0.490 e. The highest BCUT2D eigenvalue weighted by molar-refractivity contribution is 7.89. The van der Waals surface area contributed by atoms with Gasteiger partial charge in [0.25, 0.3) is 5.91 Å². The van der Waals surface area contributed by atoms with Crippen LogP contribution >= 0.6 is 0 Å². The number of ether oxygens (including phenoxy) is 2. The molecule has 2 aromatic carbocycles. The lowest BCUT2D eigenvalue weighted by atomic mass is 10.0.